The summed E-state index contributed by atoms with van der Waals surface area (Å²) in [6.45, 7) is 0.619. The van der Waals surface area contributed by atoms with Crippen molar-refractivity contribution < 1.29 is 13.2 Å². The summed E-state index contributed by atoms with van der Waals surface area (Å²) >= 11 is 0. The Kier molecular flexibility index (Phi) is 5.64. The lowest BCUT2D eigenvalue weighted by atomic mass is 9.95. The van der Waals surface area contributed by atoms with Crippen molar-refractivity contribution in [1.29, 1.82) is 0 Å². The summed E-state index contributed by atoms with van der Waals surface area (Å²) < 4.78 is 31.9. The zero-order valence-electron chi connectivity index (χ0n) is 12.0. The van der Waals surface area contributed by atoms with E-state index in [1.54, 1.807) is 24.3 Å². The fourth-order valence-electron chi connectivity index (χ4n) is 2.23. The minimum Gasteiger partial charge on any atom is -0.492 e. The van der Waals surface area contributed by atoms with Crippen LogP contribution in [0.5, 0.6) is 5.75 Å². The fraction of sp³-hybridized carbons (Fsp3) is 0.467. The SMILES string of the molecule is Nc1cccc(OCCS(=O)(=O)NCC2CC=CCC2)c1. The van der Waals surface area contributed by atoms with E-state index in [-0.39, 0.29) is 12.4 Å². The Morgan fingerprint density at radius 3 is 2.90 bits per heavy atom. The van der Waals surface area contributed by atoms with Gasteiger partial charge in [0.1, 0.15) is 12.4 Å². The molecule has 0 radical (unpaired) electrons. The average molecular weight is 310 g/mol. The van der Waals surface area contributed by atoms with Crippen LogP contribution in [-0.4, -0.2) is 27.3 Å². The van der Waals surface area contributed by atoms with E-state index in [2.05, 4.69) is 16.9 Å². The van der Waals surface area contributed by atoms with Crippen LogP contribution in [-0.2, 0) is 10.0 Å². The molecule has 1 aliphatic carbocycles. The van der Waals surface area contributed by atoms with Gasteiger partial charge in [0.25, 0.3) is 0 Å². The van der Waals surface area contributed by atoms with Gasteiger partial charge >= 0.3 is 0 Å². The number of hydrogen-bond acceptors (Lipinski definition) is 4. The Hall–Kier alpha value is -1.53. The topological polar surface area (TPSA) is 81.4 Å². The van der Waals surface area contributed by atoms with Crippen LogP contribution < -0.4 is 15.2 Å². The first-order valence-electron chi connectivity index (χ1n) is 7.16. The number of sulfonamides is 1. The third kappa shape index (κ3) is 5.77. The molecule has 0 bridgehead atoms. The van der Waals surface area contributed by atoms with Crippen molar-refractivity contribution in [2.24, 2.45) is 5.92 Å². The van der Waals surface area contributed by atoms with Gasteiger partial charge < -0.3 is 10.5 Å². The number of anilines is 1. The number of nitrogen functional groups attached to an aromatic ring is 1. The number of rotatable bonds is 7. The zero-order chi connectivity index (χ0) is 15.1. The van der Waals surface area contributed by atoms with Gasteiger partial charge in [-0.15, -0.1) is 0 Å². The number of ether oxygens (including phenoxy) is 1. The lowest BCUT2D eigenvalue weighted by Crippen LogP contribution is -2.33. The van der Waals surface area contributed by atoms with Crippen LogP contribution in [0.2, 0.25) is 0 Å². The van der Waals surface area contributed by atoms with E-state index in [1.807, 2.05) is 0 Å². The molecule has 1 atom stereocenters. The van der Waals surface area contributed by atoms with Crippen LogP contribution in [0, 0.1) is 5.92 Å². The Labute approximate surface area is 126 Å². The number of hydrogen-bond donors (Lipinski definition) is 2. The molecule has 0 spiro atoms. The van der Waals surface area contributed by atoms with E-state index < -0.39 is 10.0 Å². The van der Waals surface area contributed by atoms with Gasteiger partial charge in [-0.05, 0) is 37.3 Å². The Balaban J connectivity index is 1.72. The first-order valence-corrected chi connectivity index (χ1v) is 8.81. The molecule has 1 unspecified atom stereocenters. The summed E-state index contributed by atoms with van der Waals surface area (Å²) in [5.74, 6) is 0.937. The molecule has 0 fully saturated rings. The van der Waals surface area contributed by atoms with Gasteiger partial charge in [0.2, 0.25) is 10.0 Å². The first kappa shape index (κ1) is 15.9. The number of benzene rings is 1. The molecule has 3 N–H and O–H groups in total. The van der Waals surface area contributed by atoms with Gasteiger partial charge in [0.15, 0.2) is 0 Å². The van der Waals surface area contributed by atoms with Gasteiger partial charge in [0, 0.05) is 18.3 Å². The van der Waals surface area contributed by atoms with E-state index >= 15 is 0 Å². The van der Waals surface area contributed by atoms with E-state index in [0.29, 0.717) is 23.9 Å². The molecule has 6 heteroatoms. The van der Waals surface area contributed by atoms with Crippen LogP contribution in [0.25, 0.3) is 0 Å². The Morgan fingerprint density at radius 1 is 1.33 bits per heavy atom. The molecule has 0 heterocycles. The minimum absolute atomic E-state index is 0.0512. The monoisotopic (exact) mass is 310 g/mol. The molecule has 0 saturated carbocycles. The number of allylic oxidation sites excluding steroid dienone is 2. The number of nitrogens with two attached hydrogens (primary N) is 1. The van der Waals surface area contributed by atoms with Crippen molar-refractivity contribution >= 4 is 15.7 Å². The summed E-state index contributed by atoms with van der Waals surface area (Å²) in [7, 11) is -3.29. The lowest BCUT2D eigenvalue weighted by Gasteiger charge is -2.18. The predicted octanol–water partition coefficient (Wildman–Crippen LogP) is 1.92. The summed E-state index contributed by atoms with van der Waals surface area (Å²) in [6.07, 6.45) is 7.28. The zero-order valence-corrected chi connectivity index (χ0v) is 12.8. The van der Waals surface area contributed by atoms with E-state index in [4.69, 9.17) is 10.5 Å². The number of nitrogens with one attached hydrogen (secondary N) is 1. The van der Waals surface area contributed by atoms with Gasteiger partial charge in [-0.3, -0.25) is 0 Å². The average Bonchev–Trinajstić information content (AvgIpc) is 2.46. The highest BCUT2D eigenvalue weighted by Gasteiger charge is 2.15. The highest BCUT2D eigenvalue weighted by atomic mass is 32.2. The maximum absolute atomic E-state index is 11.9. The summed E-state index contributed by atoms with van der Waals surface area (Å²) in [6, 6.07) is 6.96. The smallest absolute Gasteiger partial charge is 0.214 e. The molecular formula is C15H22N2O3S. The highest BCUT2D eigenvalue weighted by Crippen LogP contribution is 2.17. The van der Waals surface area contributed by atoms with Crippen LogP contribution in [0.15, 0.2) is 36.4 Å². The van der Waals surface area contributed by atoms with Crippen molar-refractivity contribution in [3.8, 4) is 5.75 Å². The third-order valence-corrected chi connectivity index (χ3v) is 4.76. The second-order valence-corrected chi connectivity index (χ2v) is 7.17. The molecule has 1 aliphatic rings. The molecule has 0 amide bonds. The summed E-state index contributed by atoms with van der Waals surface area (Å²) in [4.78, 5) is 0. The van der Waals surface area contributed by atoms with Crippen molar-refractivity contribution in [2.75, 3.05) is 24.6 Å². The normalized spacial score (nSPS) is 18.6. The Bertz CT molecular complexity index is 584. The molecule has 21 heavy (non-hydrogen) atoms. The van der Waals surface area contributed by atoms with Crippen LogP contribution >= 0.6 is 0 Å². The minimum atomic E-state index is -3.29. The summed E-state index contributed by atoms with van der Waals surface area (Å²) in [5, 5.41) is 0. The molecule has 1 aromatic rings. The second-order valence-electron chi connectivity index (χ2n) is 5.24. The molecule has 5 nitrogen and oxygen atoms in total. The molecule has 0 saturated heterocycles. The first-order chi connectivity index (χ1) is 10.1. The van der Waals surface area contributed by atoms with E-state index in [0.717, 1.165) is 19.3 Å². The van der Waals surface area contributed by atoms with Crippen LogP contribution in [0.1, 0.15) is 19.3 Å². The standard InChI is InChI=1S/C15H22N2O3S/c16-14-7-4-8-15(11-14)20-9-10-21(18,19)17-12-13-5-2-1-3-6-13/h1-2,4,7-8,11,13,17H,3,5-6,9-10,12,16H2. The fourth-order valence-corrected chi connectivity index (χ4v) is 3.17. The Morgan fingerprint density at radius 2 is 2.19 bits per heavy atom. The van der Waals surface area contributed by atoms with Crippen molar-refractivity contribution in [3.63, 3.8) is 0 Å². The second kappa shape index (κ2) is 7.47. The summed E-state index contributed by atoms with van der Waals surface area (Å²) in [5.41, 5.74) is 6.23. The molecule has 0 aliphatic heterocycles. The van der Waals surface area contributed by atoms with Crippen molar-refractivity contribution in [2.45, 2.75) is 19.3 Å². The maximum atomic E-state index is 11.9. The van der Waals surface area contributed by atoms with Crippen molar-refractivity contribution in [3.05, 3.63) is 36.4 Å². The molecule has 0 aromatic heterocycles. The van der Waals surface area contributed by atoms with Gasteiger partial charge in [-0.25, -0.2) is 13.1 Å². The molecular weight excluding hydrogens is 288 g/mol. The lowest BCUT2D eigenvalue weighted by molar-refractivity contribution is 0.340. The quantitative estimate of drug-likeness (QED) is 0.595. The van der Waals surface area contributed by atoms with E-state index in [9.17, 15) is 8.42 Å². The van der Waals surface area contributed by atoms with Gasteiger partial charge in [-0.1, -0.05) is 18.2 Å². The van der Waals surface area contributed by atoms with Crippen LogP contribution in [0.3, 0.4) is 0 Å². The third-order valence-electron chi connectivity index (χ3n) is 3.45. The van der Waals surface area contributed by atoms with Crippen molar-refractivity contribution in [1.82, 2.24) is 4.72 Å². The predicted molar refractivity (Wildman–Crippen MR) is 84.6 cm³/mol. The maximum Gasteiger partial charge on any atom is 0.214 e. The molecule has 116 valence electrons. The highest BCUT2D eigenvalue weighted by molar-refractivity contribution is 7.89. The molecule has 2 rings (SSSR count). The molecule has 1 aromatic carbocycles. The largest absolute Gasteiger partial charge is 0.492 e. The van der Waals surface area contributed by atoms with E-state index in [1.165, 1.54) is 0 Å². The van der Waals surface area contributed by atoms with Gasteiger partial charge in [0.05, 0.1) is 5.75 Å². The van der Waals surface area contributed by atoms with Crippen LogP contribution in [0.4, 0.5) is 5.69 Å². The van der Waals surface area contributed by atoms with Gasteiger partial charge in [-0.2, -0.15) is 0 Å².